The molecule has 1 N–H and O–H groups in total. The molecule has 0 bridgehead atoms. The molecule has 0 radical (unpaired) electrons. The van der Waals surface area contributed by atoms with Crippen molar-refractivity contribution in [2.45, 2.75) is 40.0 Å². The molecule has 2 aromatic rings. The van der Waals surface area contributed by atoms with Gasteiger partial charge in [0.2, 0.25) is 0 Å². The van der Waals surface area contributed by atoms with Crippen LogP contribution in [0, 0.1) is 13.8 Å². The molecule has 0 fully saturated rings. The number of rotatable bonds is 5. The standard InChI is InChI=1S/C16H21N3O2/c1-10(2)15-14(6-5-11(3)18-15)16(20)17-8-7-13-9-12(4)19-21-13/h5-6,9-10H,7-8H2,1-4H3,(H,17,20). The van der Waals surface area contributed by atoms with Crippen molar-refractivity contribution in [3.05, 3.63) is 46.6 Å². The third-order valence-corrected chi connectivity index (χ3v) is 3.19. The lowest BCUT2D eigenvalue weighted by Crippen LogP contribution is -2.27. The number of aryl methyl sites for hydroxylation is 2. The Hall–Kier alpha value is -2.17. The fraction of sp³-hybridized carbons (Fsp3) is 0.438. The van der Waals surface area contributed by atoms with Crippen molar-refractivity contribution in [2.75, 3.05) is 6.54 Å². The molecule has 0 aromatic carbocycles. The Balaban J connectivity index is 2.00. The van der Waals surface area contributed by atoms with E-state index in [1.165, 1.54) is 0 Å². The molecule has 2 aromatic heterocycles. The Morgan fingerprint density at radius 3 is 2.67 bits per heavy atom. The lowest BCUT2D eigenvalue weighted by Gasteiger charge is -2.12. The van der Waals surface area contributed by atoms with Crippen molar-refractivity contribution >= 4 is 5.91 Å². The largest absolute Gasteiger partial charge is 0.361 e. The van der Waals surface area contributed by atoms with Crippen LogP contribution in [0.15, 0.2) is 22.7 Å². The van der Waals surface area contributed by atoms with E-state index >= 15 is 0 Å². The summed E-state index contributed by atoms with van der Waals surface area (Å²) in [5, 5.41) is 6.73. The first kappa shape index (κ1) is 15.2. The number of pyridine rings is 1. The number of amides is 1. The number of nitrogens with one attached hydrogen (secondary N) is 1. The zero-order valence-corrected chi connectivity index (χ0v) is 12.9. The summed E-state index contributed by atoms with van der Waals surface area (Å²) in [7, 11) is 0. The van der Waals surface area contributed by atoms with Gasteiger partial charge in [-0.05, 0) is 31.9 Å². The van der Waals surface area contributed by atoms with Crippen LogP contribution in [0.4, 0.5) is 0 Å². The average molecular weight is 287 g/mol. The van der Waals surface area contributed by atoms with E-state index in [0.717, 1.165) is 22.8 Å². The predicted octanol–water partition coefficient (Wildman–Crippen LogP) is 2.78. The second kappa shape index (κ2) is 6.52. The molecular formula is C16H21N3O2. The smallest absolute Gasteiger partial charge is 0.253 e. The molecule has 21 heavy (non-hydrogen) atoms. The molecule has 112 valence electrons. The molecule has 0 unspecified atom stereocenters. The number of hydrogen-bond acceptors (Lipinski definition) is 4. The van der Waals surface area contributed by atoms with Crippen molar-refractivity contribution in [2.24, 2.45) is 0 Å². The van der Waals surface area contributed by atoms with Crippen molar-refractivity contribution in [3.8, 4) is 0 Å². The van der Waals surface area contributed by atoms with Gasteiger partial charge in [0.05, 0.1) is 17.0 Å². The normalized spacial score (nSPS) is 10.9. The number of carbonyl (C=O) groups is 1. The molecule has 1 amide bonds. The number of hydrogen-bond donors (Lipinski definition) is 1. The van der Waals surface area contributed by atoms with E-state index in [4.69, 9.17) is 4.52 Å². The highest BCUT2D eigenvalue weighted by molar-refractivity contribution is 5.95. The van der Waals surface area contributed by atoms with Crippen molar-refractivity contribution in [1.82, 2.24) is 15.5 Å². The van der Waals surface area contributed by atoms with E-state index in [-0.39, 0.29) is 11.8 Å². The Labute approximate surface area is 124 Å². The minimum atomic E-state index is -0.0950. The Bertz CT molecular complexity index is 632. The second-order valence-corrected chi connectivity index (χ2v) is 5.48. The molecule has 0 aliphatic carbocycles. The molecule has 5 nitrogen and oxygen atoms in total. The summed E-state index contributed by atoms with van der Waals surface area (Å²) in [6, 6.07) is 5.57. The molecule has 2 heterocycles. The molecular weight excluding hydrogens is 266 g/mol. The van der Waals surface area contributed by atoms with E-state index in [1.807, 2.05) is 45.9 Å². The molecule has 0 spiro atoms. The summed E-state index contributed by atoms with van der Waals surface area (Å²) in [5.41, 5.74) is 3.25. The first-order valence-corrected chi connectivity index (χ1v) is 7.15. The maximum absolute atomic E-state index is 12.3. The van der Waals surface area contributed by atoms with Crippen LogP contribution in [0.25, 0.3) is 0 Å². The topological polar surface area (TPSA) is 68.0 Å². The first-order chi connectivity index (χ1) is 9.97. The van der Waals surface area contributed by atoms with Gasteiger partial charge in [-0.25, -0.2) is 0 Å². The average Bonchev–Trinajstić information content (AvgIpc) is 2.84. The monoisotopic (exact) mass is 287 g/mol. The van der Waals surface area contributed by atoms with Crippen LogP contribution < -0.4 is 5.32 Å². The maximum atomic E-state index is 12.3. The molecule has 0 saturated carbocycles. The van der Waals surface area contributed by atoms with E-state index in [0.29, 0.717) is 18.5 Å². The van der Waals surface area contributed by atoms with Crippen LogP contribution in [0.5, 0.6) is 0 Å². The summed E-state index contributed by atoms with van der Waals surface area (Å²) in [5.74, 6) is 0.893. The highest BCUT2D eigenvalue weighted by Crippen LogP contribution is 2.17. The van der Waals surface area contributed by atoms with Crippen LogP contribution in [-0.4, -0.2) is 22.6 Å². The van der Waals surface area contributed by atoms with E-state index < -0.39 is 0 Å². The molecule has 0 saturated heterocycles. The highest BCUT2D eigenvalue weighted by atomic mass is 16.5. The molecule has 0 aliphatic rings. The summed E-state index contributed by atoms with van der Waals surface area (Å²) >= 11 is 0. The predicted molar refractivity (Wildman–Crippen MR) is 80.3 cm³/mol. The lowest BCUT2D eigenvalue weighted by atomic mass is 10.0. The van der Waals surface area contributed by atoms with Gasteiger partial charge in [-0.1, -0.05) is 19.0 Å². The van der Waals surface area contributed by atoms with Gasteiger partial charge < -0.3 is 9.84 Å². The van der Waals surface area contributed by atoms with Crippen LogP contribution in [0.2, 0.25) is 0 Å². The highest BCUT2D eigenvalue weighted by Gasteiger charge is 2.15. The van der Waals surface area contributed by atoms with Gasteiger partial charge >= 0.3 is 0 Å². The minimum Gasteiger partial charge on any atom is -0.361 e. The molecule has 0 atom stereocenters. The molecule has 0 aliphatic heterocycles. The Morgan fingerprint density at radius 2 is 2.05 bits per heavy atom. The van der Waals surface area contributed by atoms with Crippen LogP contribution >= 0.6 is 0 Å². The maximum Gasteiger partial charge on any atom is 0.253 e. The third kappa shape index (κ3) is 3.90. The fourth-order valence-corrected chi connectivity index (χ4v) is 2.14. The van der Waals surface area contributed by atoms with Crippen molar-refractivity contribution in [3.63, 3.8) is 0 Å². The van der Waals surface area contributed by atoms with Crippen LogP contribution in [-0.2, 0) is 6.42 Å². The lowest BCUT2D eigenvalue weighted by molar-refractivity contribution is 0.0951. The number of nitrogens with zero attached hydrogens (tertiary/aromatic N) is 2. The van der Waals surface area contributed by atoms with E-state index in [9.17, 15) is 4.79 Å². The third-order valence-electron chi connectivity index (χ3n) is 3.19. The zero-order chi connectivity index (χ0) is 15.4. The van der Waals surface area contributed by atoms with Crippen LogP contribution in [0.3, 0.4) is 0 Å². The van der Waals surface area contributed by atoms with E-state index in [2.05, 4.69) is 15.5 Å². The summed E-state index contributed by atoms with van der Waals surface area (Å²) in [6.07, 6.45) is 0.628. The Kier molecular flexibility index (Phi) is 4.73. The van der Waals surface area contributed by atoms with Gasteiger partial charge in [0.25, 0.3) is 5.91 Å². The number of aromatic nitrogens is 2. The SMILES string of the molecule is Cc1cc(CCNC(=O)c2ccc(C)nc2C(C)C)on1. The quantitative estimate of drug-likeness (QED) is 0.918. The van der Waals surface area contributed by atoms with Crippen molar-refractivity contribution < 1.29 is 9.32 Å². The van der Waals surface area contributed by atoms with E-state index in [1.54, 1.807) is 0 Å². The second-order valence-electron chi connectivity index (χ2n) is 5.48. The molecule has 2 rings (SSSR count). The number of carbonyl (C=O) groups excluding carboxylic acids is 1. The van der Waals surface area contributed by atoms with Gasteiger partial charge in [0.1, 0.15) is 5.76 Å². The van der Waals surface area contributed by atoms with Crippen LogP contribution in [0.1, 0.15) is 53.0 Å². The van der Waals surface area contributed by atoms with Gasteiger partial charge in [-0.3, -0.25) is 9.78 Å². The Morgan fingerprint density at radius 1 is 1.29 bits per heavy atom. The first-order valence-electron chi connectivity index (χ1n) is 7.15. The summed E-state index contributed by atoms with van der Waals surface area (Å²) in [6.45, 7) is 8.39. The van der Waals surface area contributed by atoms with Gasteiger partial charge in [-0.15, -0.1) is 0 Å². The molecule has 5 heteroatoms. The van der Waals surface area contributed by atoms with Crippen molar-refractivity contribution in [1.29, 1.82) is 0 Å². The van der Waals surface area contributed by atoms with Gasteiger partial charge in [0.15, 0.2) is 0 Å². The van der Waals surface area contributed by atoms with Gasteiger partial charge in [0, 0.05) is 24.7 Å². The summed E-state index contributed by atoms with van der Waals surface area (Å²) < 4.78 is 5.12. The van der Waals surface area contributed by atoms with Gasteiger partial charge in [-0.2, -0.15) is 0 Å². The minimum absolute atomic E-state index is 0.0950. The summed E-state index contributed by atoms with van der Waals surface area (Å²) in [4.78, 5) is 16.8. The zero-order valence-electron chi connectivity index (χ0n) is 12.9. The fourth-order valence-electron chi connectivity index (χ4n) is 2.14.